The second-order valence-corrected chi connectivity index (χ2v) is 8.06. The van der Waals surface area contributed by atoms with Crippen LogP contribution in [0.1, 0.15) is 31.9 Å². The number of carbonyl (C=O) groups excluding carboxylic acids is 1. The number of aromatic nitrogens is 1. The maximum absolute atomic E-state index is 12.6. The molecule has 31 heavy (non-hydrogen) atoms. The number of ether oxygens (including phenoxy) is 4. The number of benzene rings is 2. The van der Waals surface area contributed by atoms with E-state index in [1.54, 1.807) is 54.2 Å². The Balaban J connectivity index is 2.21. The Morgan fingerprint density at radius 2 is 1.55 bits per heavy atom. The number of carbonyl (C=O) groups is 1. The summed E-state index contributed by atoms with van der Waals surface area (Å²) in [6.07, 6.45) is 1.31. The molecule has 1 aromatic heterocycles. The molecule has 0 N–H and O–H groups in total. The van der Waals surface area contributed by atoms with Crippen LogP contribution in [0.4, 0.5) is 4.79 Å². The lowest BCUT2D eigenvalue weighted by molar-refractivity contribution is 0.0604. The Labute approximate surface area is 182 Å². The van der Waals surface area contributed by atoms with E-state index in [2.05, 4.69) is 4.99 Å². The molecule has 0 aliphatic rings. The molecule has 0 bridgehead atoms. The van der Waals surface area contributed by atoms with E-state index in [4.69, 9.17) is 18.9 Å². The molecule has 1 heterocycles. The fraction of sp³-hybridized carbons (Fsp3) is 0.333. The number of hydrogen-bond donors (Lipinski definition) is 0. The Kier molecular flexibility index (Phi) is 6.24. The number of nitrogens with zero attached hydrogens (tertiary/aromatic N) is 2. The summed E-state index contributed by atoms with van der Waals surface area (Å²) >= 11 is 0. The average Bonchev–Trinajstić information content (AvgIpc) is 3.09. The van der Waals surface area contributed by atoms with Crippen molar-refractivity contribution in [3.63, 3.8) is 0 Å². The van der Waals surface area contributed by atoms with Gasteiger partial charge in [-0.3, -0.25) is 0 Å². The molecule has 0 saturated heterocycles. The predicted molar refractivity (Wildman–Crippen MR) is 121 cm³/mol. The van der Waals surface area contributed by atoms with Crippen molar-refractivity contribution in [2.75, 3.05) is 21.3 Å². The van der Waals surface area contributed by atoms with E-state index in [0.717, 1.165) is 16.5 Å². The van der Waals surface area contributed by atoms with Crippen LogP contribution in [0.5, 0.6) is 17.2 Å². The van der Waals surface area contributed by atoms with Crippen molar-refractivity contribution in [1.82, 2.24) is 4.57 Å². The third-order valence-corrected chi connectivity index (χ3v) is 4.69. The van der Waals surface area contributed by atoms with Crippen molar-refractivity contribution in [1.29, 1.82) is 0 Å². The zero-order valence-electron chi connectivity index (χ0n) is 19.0. The van der Waals surface area contributed by atoms with Gasteiger partial charge in [-0.1, -0.05) is 6.07 Å². The largest absolute Gasteiger partial charge is 0.493 e. The minimum atomic E-state index is -0.676. The Morgan fingerprint density at radius 3 is 2.10 bits per heavy atom. The molecule has 0 radical (unpaired) electrons. The van der Waals surface area contributed by atoms with Crippen molar-refractivity contribution in [3.8, 4) is 17.2 Å². The third-order valence-electron chi connectivity index (χ3n) is 4.69. The van der Waals surface area contributed by atoms with Gasteiger partial charge >= 0.3 is 6.09 Å². The van der Waals surface area contributed by atoms with E-state index in [1.807, 2.05) is 42.1 Å². The lowest BCUT2D eigenvalue weighted by atomic mass is 10.00. The summed E-state index contributed by atoms with van der Waals surface area (Å²) in [5, 5.41) is 1.03. The number of rotatable bonds is 5. The smallest absolute Gasteiger partial charge is 0.434 e. The number of fused-ring (bicyclic) bond motifs is 1. The van der Waals surface area contributed by atoms with Crippen LogP contribution in [0.3, 0.4) is 0 Å². The zero-order valence-corrected chi connectivity index (χ0v) is 19.0. The van der Waals surface area contributed by atoms with Crippen LogP contribution in [0.2, 0.25) is 0 Å². The van der Waals surface area contributed by atoms with Gasteiger partial charge in [0.15, 0.2) is 11.5 Å². The van der Waals surface area contributed by atoms with Gasteiger partial charge in [-0.15, -0.1) is 0 Å². The second kappa shape index (κ2) is 8.71. The fourth-order valence-corrected chi connectivity index (χ4v) is 3.32. The van der Waals surface area contributed by atoms with Gasteiger partial charge in [-0.05, 0) is 51.1 Å². The van der Waals surface area contributed by atoms with Gasteiger partial charge in [-0.2, -0.15) is 4.99 Å². The second-order valence-electron chi connectivity index (χ2n) is 8.06. The Bertz CT molecular complexity index is 1110. The molecule has 0 atom stereocenters. The summed E-state index contributed by atoms with van der Waals surface area (Å²) in [5.41, 5.74) is 2.25. The average molecular weight is 424 g/mol. The summed E-state index contributed by atoms with van der Waals surface area (Å²) in [4.78, 5) is 16.9. The highest BCUT2D eigenvalue weighted by molar-refractivity contribution is 6.17. The standard InChI is InChI=1S/C24H28N2O5/c1-24(2,3)31-23(27)25-21(16-8-9-18-15(12-16)10-11-26(18)4)17-13-19(28-5)22(30-7)20(14-17)29-6/h8-14H,1-7H3/b25-21+. The number of aryl methyl sites for hydroxylation is 1. The molecule has 0 aliphatic carbocycles. The molecule has 7 nitrogen and oxygen atoms in total. The first-order valence-electron chi connectivity index (χ1n) is 9.84. The van der Waals surface area contributed by atoms with Crippen LogP contribution in [0.25, 0.3) is 10.9 Å². The van der Waals surface area contributed by atoms with Gasteiger partial charge in [-0.25, -0.2) is 4.79 Å². The highest BCUT2D eigenvalue weighted by Crippen LogP contribution is 2.39. The minimum absolute atomic E-state index is 0.444. The summed E-state index contributed by atoms with van der Waals surface area (Å²) in [6.45, 7) is 5.40. The van der Waals surface area contributed by atoms with Crippen LogP contribution >= 0.6 is 0 Å². The minimum Gasteiger partial charge on any atom is -0.493 e. The predicted octanol–water partition coefficient (Wildman–Crippen LogP) is 4.98. The SMILES string of the molecule is COc1cc(/C(=N/C(=O)OC(C)(C)C)c2ccc3c(ccn3C)c2)cc(OC)c1OC. The highest BCUT2D eigenvalue weighted by Gasteiger charge is 2.21. The molecule has 0 unspecified atom stereocenters. The van der Waals surface area contributed by atoms with E-state index >= 15 is 0 Å². The maximum atomic E-state index is 12.6. The van der Waals surface area contributed by atoms with Gasteiger partial charge in [0.25, 0.3) is 0 Å². The monoisotopic (exact) mass is 424 g/mol. The summed E-state index contributed by atoms with van der Waals surface area (Å²) in [7, 11) is 6.61. The molecule has 0 saturated carbocycles. The topological polar surface area (TPSA) is 71.3 Å². The Hall–Kier alpha value is -3.48. The van der Waals surface area contributed by atoms with Crippen LogP contribution in [0.15, 0.2) is 47.6 Å². The summed E-state index contributed by atoms with van der Waals surface area (Å²) in [6, 6.07) is 11.4. The van der Waals surface area contributed by atoms with Gasteiger partial charge in [0.05, 0.1) is 27.0 Å². The number of amides is 1. The van der Waals surface area contributed by atoms with Gasteiger partial charge in [0.2, 0.25) is 5.75 Å². The molecule has 3 rings (SSSR count). The van der Waals surface area contributed by atoms with Crippen LogP contribution in [-0.4, -0.2) is 43.3 Å². The van der Waals surface area contributed by atoms with Crippen LogP contribution in [-0.2, 0) is 11.8 Å². The molecule has 0 fully saturated rings. The van der Waals surface area contributed by atoms with E-state index in [-0.39, 0.29) is 0 Å². The van der Waals surface area contributed by atoms with Crippen molar-refractivity contribution >= 4 is 22.7 Å². The lowest BCUT2D eigenvalue weighted by Gasteiger charge is -2.19. The molecule has 3 aromatic rings. The van der Waals surface area contributed by atoms with Gasteiger partial charge in [0.1, 0.15) is 5.60 Å². The molecule has 0 spiro atoms. The molecule has 2 aromatic carbocycles. The molecular formula is C24H28N2O5. The third kappa shape index (κ3) is 4.82. The number of hydrogen-bond acceptors (Lipinski definition) is 5. The van der Waals surface area contributed by atoms with Crippen molar-refractivity contribution in [2.24, 2.45) is 12.0 Å². The van der Waals surface area contributed by atoms with Crippen molar-refractivity contribution in [3.05, 3.63) is 53.7 Å². The number of aliphatic imine (C=N–C) groups is 1. The Morgan fingerprint density at radius 1 is 0.903 bits per heavy atom. The van der Waals surface area contributed by atoms with E-state index in [0.29, 0.717) is 28.5 Å². The van der Waals surface area contributed by atoms with Crippen molar-refractivity contribution in [2.45, 2.75) is 26.4 Å². The van der Waals surface area contributed by atoms with Crippen LogP contribution in [0, 0.1) is 0 Å². The summed E-state index contributed by atoms with van der Waals surface area (Å²) in [5.74, 6) is 1.40. The lowest BCUT2D eigenvalue weighted by Crippen LogP contribution is -2.23. The number of methoxy groups -OCH3 is 3. The first kappa shape index (κ1) is 22.2. The normalized spacial score (nSPS) is 12.0. The van der Waals surface area contributed by atoms with Crippen LogP contribution < -0.4 is 14.2 Å². The molecule has 7 heteroatoms. The zero-order chi connectivity index (χ0) is 22.8. The van der Waals surface area contributed by atoms with E-state index in [1.165, 1.54) is 0 Å². The van der Waals surface area contributed by atoms with Crippen molar-refractivity contribution < 1.29 is 23.7 Å². The summed E-state index contributed by atoms with van der Waals surface area (Å²) < 4.78 is 23.9. The fourth-order valence-electron chi connectivity index (χ4n) is 3.32. The molecule has 0 aliphatic heterocycles. The van der Waals surface area contributed by atoms with E-state index < -0.39 is 11.7 Å². The quantitative estimate of drug-likeness (QED) is 0.541. The highest BCUT2D eigenvalue weighted by atomic mass is 16.6. The van der Waals surface area contributed by atoms with Gasteiger partial charge in [0, 0.05) is 35.3 Å². The molecule has 164 valence electrons. The first-order valence-corrected chi connectivity index (χ1v) is 9.84. The van der Waals surface area contributed by atoms with Gasteiger partial charge < -0.3 is 23.5 Å². The molecular weight excluding hydrogens is 396 g/mol. The molecule has 1 amide bonds. The maximum Gasteiger partial charge on any atom is 0.434 e. The first-order chi connectivity index (χ1) is 14.7. The van der Waals surface area contributed by atoms with E-state index in [9.17, 15) is 4.79 Å².